The Morgan fingerprint density at radius 2 is 1.59 bits per heavy atom. The molecule has 0 aliphatic carbocycles. The van der Waals surface area contributed by atoms with Gasteiger partial charge in [-0.1, -0.05) is 49.4 Å². The summed E-state index contributed by atoms with van der Waals surface area (Å²) in [7, 11) is -4.13. The average molecular weight is 554 g/mol. The predicted octanol–water partition coefficient (Wildman–Crippen LogP) is 4.97. The summed E-state index contributed by atoms with van der Waals surface area (Å²) in [6, 6.07) is 18.0. The number of anilines is 1. The maximum Gasteiger partial charge on any atom is 0.264 e. The average Bonchev–Trinajstić information content (AvgIpc) is 2.92. The maximum absolute atomic E-state index is 13.9. The van der Waals surface area contributed by atoms with Gasteiger partial charge >= 0.3 is 0 Å². The van der Waals surface area contributed by atoms with Crippen LogP contribution in [-0.2, 0) is 26.2 Å². The fourth-order valence-electron chi connectivity index (χ4n) is 4.06. The number of rotatable bonds is 11. The van der Waals surface area contributed by atoms with E-state index in [1.807, 2.05) is 26.8 Å². The van der Waals surface area contributed by atoms with Gasteiger partial charge in [0.15, 0.2) is 0 Å². The Bertz CT molecular complexity index is 1400. The van der Waals surface area contributed by atoms with E-state index in [0.29, 0.717) is 23.2 Å². The molecule has 9 heteroatoms. The molecule has 2 atom stereocenters. The first kappa shape index (κ1) is 29.8. The van der Waals surface area contributed by atoms with Crippen molar-refractivity contribution in [1.82, 2.24) is 10.2 Å². The van der Waals surface area contributed by atoms with E-state index in [9.17, 15) is 22.4 Å². The van der Waals surface area contributed by atoms with Crippen molar-refractivity contribution >= 4 is 27.5 Å². The summed E-state index contributed by atoms with van der Waals surface area (Å²) in [6.45, 7) is 8.52. The molecule has 0 heterocycles. The van der Waals surface area contributed by atoms with Crippen LogP contribution < -0.4 is 9.62 Å². The number of benzene rings is 3. The Morgan fingerprint density at radius 3 is 2.21 bits per heavy atom. The smallest absolute Gasteiger partial charge is 0.264 e. The van der Waals surface area contributed by atoms with Crippen LogP contribution in [-0.4, -0.2) is 43.8 Å². The molecular weight excluding hydrogens is 517 g/mol. The molecule has 0 aliphatic heterocycles. The van der Waals surface area contributed by atoms with E-state index < -0.39 is 34.3 Å². The lowest BCUT2D eigenvalue weighted by Crippen LogP contribution is -2.52. The third kappa shape index (κ3) is 7.44. The first-order valence-electron chi connectivity index (χ1n) is 12.9. The van der Waals surface area contributed by atoms with E-state index in [4.69, 9.17) is 0 Å². The molecule has 2 amide bonds. The normalized spacial score (nSPS) is 12.9. The molecule has 0 aliphatic rings. The standard InChI is InChI=1S/C30H36FN3O4S/c1-6-23(4)32-30(36)24(5)33(19-25-14-16-26(31)17-15-25)29(35)20-34(28-18-21(2)12-13-22(28)3)39(37,38)27-10-8-7-9-11-27/h7-18,23-24H,6,19-20H2,1-5H3,(H,32,36). The molecule has 0 radical (unpaired) electrons. The number of sulfonamides is 1. The van der Waals surface area contributed by atoms with E-state index >= 15 is 0 Å². The SMILES string of the molecule is CCC(C)NC(=O)C(C)N(Cc1ccc(F)cc1)C(=O)CN(c1cc(C)ccc1C)S(=O)(=O)c1ccccc1. The molecular formula is C30H36FN3O4S. The monoisotopic (exact) mass is 553 g/mol. The Kier molecular flexibility index (Phi) is 9.86. The summed E-state index contributed by atoms with van der Waals surface area (Å²) < 4.78 is 42.4. The second kappa shape index (κ2) is 12.9. The fourth-order valence-corrected chi connectivity index (χ4v) is 5.55. The number of carbonyl (C=O) groups excluding carboxylic acids is 2. The van der Waals surface area contributed by atoms with Crippen LogP contribution in [0.1, 0.15) is 43.9 Å². The molecule has 7 nitrogen and oxygen atoms in total. The molecule has 0 saturated heterocycles. The van der Waals surface area contributed by atoms with E-state index in [0.717, 1.165) is 9.87 Å². The topological polar surface area (TPSA) is 86.8 Å². The van der Waals surface area contributed by atoms with Crippen molar-refractivity contribution in [2.24, 2.45) is 0 Å². The van der Waals surface area contributed by atoms with E-state index in [-0.39, 0.29) is 23.4 Å². The maximum atomic E-state index is 13.9. The van der Waals surface area contributed by atoms with Gasteiger partial charge in [0.1, 0.15) is 18.4 Å². The van der Waals surface area contributed by atoms with Crippen molar-refractivity contribution in [3.63, 3.8) is 0 Å². The molecule has 0 aromatic heterocycles. The van der Waals surface area contributed by atoms with Gasteiger partial charge in [-0.25, -0.2) is 12.8 Å². The van der Waals surface area contributed by atoms with Crippen LogP contribution in [0.4, 0.5) is 10.1 Å². The van der Waals surface area contributed by atoms with Gasteiger partial charge in [-0.3, -0.25) is 13.9 Å². The van der Waals surface area contributed by atoms with E-state index in [1.165, 1.54) is 41.3 Å². The Hall–Kier alpha value is -3.72. The number of halogens is 1. The molecule has 3 rings (SSSR count). The van der Waals surface area contributed by atoms with Gasteiger partial charge in [-0.2, -0.15) is 0 Å². The summed E-state index contributed by atoms with van der Waals surface area (Å²) in [4.78, 5) is 28.4. The van der Waals surface area contributed by atoms with Crippen molar-refractivity contribution in [2.45, 2.75) is 64.6 Å². The number of amides is 2. The first-order valence-corrected chi connectivity index (χ1v) is 14.4. The Labute approximate surface area is 230 Å². The fraction of sp³-hybridized carbons (Fsp3) is 0.333. The highest BCUT2D eigenvalue weighted by Gasteiger charge is 2.33. The molecule has 39 heavy (non-hydrogen) atoms. The molecule has 208 valence electrons. The van der Waals surface area contributed by atoms with Gasteiger partial charge in [0.2, 0.25) is 11.8 Å². The second-order valence-corrected chi connectivity index (χ2v) is 11.6. The van der Waals surface area contributed by atoms with Gasteiger partial charge < -0.3 is 10.2 Å². The summed E-state index contributed by atoms with van der Waals surface area (Å²) in [5.41, 5.74) is 2.50. The summed E-state index contributed by atoms with van der Waals surface area (Å²) >= 11 is 0. The van der Waals surface area contributed by atoms with Gasteiger partial charge in [0, 0.05) is 12.6 Å². The largest absolute Gasteiger partial charge is 0.352 e. The number of hydrogen-bond donors (Lipinski definition) is 1. The lowest BCUT2D eigenvalue weighted by molar-refractivity contribution is -0.139. The lowest BCUT2D eigenvalue weighted by Gasteiger charge is -2.33. The quantitative estimate of drug-likeness (QED) is 0.363. The van der Waals surface area contributed by atoms with Crippen LogP contribution in [0, 0.1) is 19.7 Å². The number of nitrogens with zero attached hydrogens (tertiary/aromatic N) is 2. The summed E-state index contributed by atoms with van der Waals surface area (Å²) in [5, 5.41) is 2.89. The van der Waals surface area contributed by atoms with E-state index in [2.05, 4.69) is 5.32 Å². The van der Waals surface area contributed by atoms with Crippen molar-refractivity contribution < 1.29 is 22.4 Å². The highest BCUT2D eigenvalue weighted by atomic mass is 32.2. The molecule has 0 fully saturated rings. The minimum absolute atomic E-state index is 0.000228. The first-order chi connectivity index (χ1) is 18.4. The van der Waals surface area contributed by atoms with Crippen LogP contribution in [0.15, 0.2) is 77.7 Å². The van der Waals surface area contributed by atoms with Gasteiger partial charge in [-0.05, 0) is 81.1 Å². The highest BCUT2D eigenvalue weighted by Crippen LogP contribution is 2.28. The van der Waals surface area contributed by atoms with Crippen molar-refractivity contribution in [3.05, 3.63) is 95.3 Å². The third-order valence-electron chi connectivity index (χ3n) is 6.68. The van der Waals surface area contributed by atoms with Crippen LogP contribution in [0.5, 0.6) is 0 Å². The van der Waals surface area contributed by atoms with Crippen LogP contribution in [0.2, 0.25) is 0 Å². The van der Waals surface area contributed by atoms with Crippen LogP contribution in [0.3, 0.4) is 0 Å². The second-order valence-electron chi connectivity index (χ2n) is 9.76. The summed E-state index contributed by atoms with van der Waals surface area (Å²) in [6.07, 6.45) is 0.708. The molecule has 3 aromatic carbocycles. The Balaban J connectivity index is 2.05. The van der Waals surface area contributed by atoms with Crippen LogP contribution >= 0.6 is 0 Å². The third-order valence-corrected chi connectivity index (χ3v) is 8.45. The number of aryl methyl sites for hydroxylation is 2. The minimum Gasteiger partial charge on any atom is -0.352 e. The molecule has 1 N–H and O–H groups in total. The predicted molar refractivity (Wildman–Crippen MR) is 151 cm³/mol. The van der Waals surface area contributed by atoms with Gasteiger partial charge in [-0.15, -0.1) is 0 Å². The van der Waals surface area contributed by atoms with Crippen LogP contribution in [0.25, 0.3) is 0 Å². The molecule has 3 aromatic rings. The zero-order chi connectivity index (χ0) is 28.7. The highest BCUT2D eigenvalue weighted by molar-refractivity contribution is 7.92. The zero-order valence-electron chi connectivity index (χ0n) is 23.0. The molecule has 0 spiro atoms. The van der Waals surface area contributed by atoms with E-state index in [1.54, 1.807) is 44.2 Å². The van der Waals surface area contributed by atoms with Gasteiger partial charge in [0.05, 0.1) is 10.6 Å². The minimum atomic E-state index is -4.13. The van der Waals surface area contributed by atoms with Gasteiger partial charge in [0.25, 0.3) is 10.0 Å². The molecule has 0 saturated carbocycles. The zero-order valence-corrected chi connectivity index (χ0v) is 23.8. The van der Waals surface area contributed by atoms with Crippen molar-refractivity contribution in [3.8, 4) is 0 Å². The lowest BCUT2D eigenvalue weighted by atomic mass is 10.1. The number of nitrogens with one attached hydrogen (secondary N) is 1. The Morgan fingerprint density at radius 1 is 0.949 bits per heavy atom. The number of carbonyl (C=O) groups is 2. The summed E-state index contributed by atoms with van der Waals surface area (Å²) in [5.74, 6) is -1.34. The van der Waals surface area contributed by atoms with Crippen molar-refractivity contribution in [1.29, 1.82) is 0 Å². The number of hydrogen-bond acceptors (Lipinski definition) is 4. The molecule has 0 bridgehead atoms. The molecule has 2 unspecified atom stereocenters. The van der Waals surface area contributed by atoms with Crippen molar-refractivity contribution in [2.75, 3.05) is 10.8 Å².